The molecule has 2 atom stereocenters. The Hall–Kier alpha value is -2.98. The summed E-state index contributed by atoms with van der Waals surface area (Å²) in [5, 5.41) is 4.34. The van der Waals surface area contributed by atoms with Crippen LogP contribution in [0.1, 0.15) is 31.9 Å². The first-order valence-electron chi connectivity index (χ1n) is 10.1. The number of anilines is 2. The molecule has 3 aromatic carbocycles. The maximum Gasteiger partial charge on any atom is 0.224 e. The highest BCUT2D eigenvalue weighted by molar-refractivity contribution is 6.30. The summed E-state index contributed by atoms with van der Waals surface area (Å²) in [7, 11) is 1.67. The molecule has 0 aliphatic carbocycles. The van der Waals surface area contributed by atoms with Crippen LogP contribution in [0, 0.1) is 0 Å². The minimum atomic E-state index is 0.0582. The van der Waals surface area contributed by atoms with Gasteiger partial charge < -0.3 is 15.0 Å². The molecule has 154 valence electrons. The van der Waals surface area contributed by atoms with E-state index in [-0.39, 0.29) is 18.0 Å². The van der Waals surface area contributed by atoms with E-state index in [2.05, 4.69) is 36.5 Å². The van der Waals surface area contributed by atoms with Gasteiger partial charge in [0.1, 0.15) is 5.75 Å². The summed E-state index contributed by atoms with van der Waals surface area (Å²) in [4.78, 5) is 14.3. The van der Waals surface area contributed by atoms with Gasteiger partial charge in [0, 0.05) is 29.4 Å². The molecule has 0 saturated heterocycles. The van der Waals surface area contributed by atoms with Crippen LogP contribution in [0.25, 0.3) is 11.1 Å². The Morgan fingerprint density at radius 3 is 2.50 bits per heavy atom. The zero-order chi connectivity index (χ0) is 21.3. The van der Waals surface area contributed by atoms with E-state index < -0.39 is 0 Å². The highest BCUT2D eigenvalue weighted by Gasteiger charge is 2.32. The van der Waals surface area contributed by atoms with Crippen molar-refractivity contribution >= 4 is 28.9 Å². The lowest BCUT2D eigenvalue weighted by Gasteiger charge is -2.39. The molecule has 1 heterocycles. The second-order valence-electron chi connectivity index (χ2n) is 7.68. The fourth-order valence-electron chi connectivity index (χ4n) is 4.21. The van der Waals surface area contributed by atoms with E-state index in [0.717, 1.165) is 40.2 Å². The van der Waals surface area contributed by atoms with E-state index >= 15 is 0 Å². The molecular formula is C25H25ClN2O2. The molecule has 1 aliphatic rings. The summed E-state index contributed by atoms with van der Waals surface area (Å²) < 4.78 is 5.39. The fraction of sp³-hybridized carbons (Fsp3) is 0.240. The number of halogens is 1. The van der Waals surface area contributed by atoms with Gasteiger partial charge in [0.05, 0.1) is 13.2 Å². The Morgan fingerprint density at radius 1 is 1.07 bits per heavy atom. The lowest BCUT2D eigenvalue weighted by atomic mass is 9.89. The number of hydrogen-bond donors (Lipinski definition) is 1. The SMILES string of the molecule is COc1cccc(-c2ccc3c(c2)[C@H](Nc2ccc(Cl)cc2)C[C@H](C)N3C(C)=O)c1. The molecule has 0 spiro atoms. The van der Waals surface area contributed by atoms with E-state index in [1.807, 2.05) is 47.4 Å². The molecular weight excluding hydrogens is 396 g/mol. The monoisotopic (exact) mass is 420 g/mol. The minimum absolute atomic E-state index is 0.0582. The summed E-state index contributed by atoms with van der Waals surface area (Å²) >= 11 is 6.04. The average Bonchev–Trinajstić information content (AvgIpc) is 2.75. The third-order valence-electron chi connectivity index (χ3n) is 5.61. The molecule has 4 rings (SSSR count). The lowest BCUT2D eigenvalue weighted by molar-refractivity contribution is -0.117. The quantitative estimate of drug-likeness (QED) is 0.537. The fourth-order valence-corrected chi connectivity index (χ4v) is 4.34. The number of nitrogens with zero attached hydrogens (tertiary/aromatic N) is 1. The van der Waals surface area contributed by atoms with Crippen LogP contribution in [0.3, 0.4) is 0 Å². The van der Waals surface area contributed by atoms with Crippen molar-refractivity contribution in [3.63, 3.8) is 0 Å². The van der Waals surface area contributed by atoms with Crippen LogP contribution in [0.15, 0.2) is 66.7 Å². The molecule has 0 unspecified atom stereocenters. The number of carbonyl (C=O) groups excluding carboxylic acids is 1. The van der Waals surface area contributed by atoms with Gasteiger partial charge in [-0.25, -0.2) is 0 Å². The molecule has 0 fully saturated rings. The normalized spacial score (nSPS) is 17.9. The smallest absolute Gasteiger partial charge is 0.224 e. The standard InChI is InChI=1S/C25H25ClN2O2/c1-16-13-24(27-21-10-8-20(26)9-11-21)23-15-19(7-12-25(23)28(16)17(2)29)18-5-4-6-22(14-18)30-3/h4-12,14-16,24,27H,13H2,1-3H3/t16-,24+/m0/s1. The summed E-state index contributed by atoms with van der Waals surface area (Å²) in [6, 6.07) is 22.2. The highest BCUT2D eigenvalue weighted by atomic mass is 35.5. The second-order valence-corrected chi connectivity index (χ2v) is 8.12. The van der Waals surface area contributed by atoms with Crippen LogP contribution >= 0.6 is 11.6 Å². The van der Waals surface area contributed by atoms with Crippen molar-refractivity contribution in [1.82, 2.24) is 0 Å². The van der Waals surface area contributed by atoms with E-state index in [0.29, 0.717) is 5.02 Å². The molecule has 0 aromatic heterocycles. The van der Waals surface area contributed by atoms with Crippen molar-refractivity contribution in [2.24, 2.45) is 0 Å². The number of benzene rings is 3. The first-order chi connectivity index (χ1) is 14.5. The van der Waals surface area contributed by atoms with Crippen LogP contribution in [0.2, 0.25) is 5.02 Å². The predicted octanol–water partition coefficient (Wildman–Crippen LogP) is 6.31. The van der Waals surface area contributed by atoms with Gasteiger partial charge in [0.25, 0.3) is 0 Å². The van der Waals surface area contributed by atoms with Crippen molar-refractivity contribution in [1.29, 1.82) is 0 Å². The molecule has 1 amide bonds. The van der Waals surface area contributed by atoms with Gasteiger partial charge in [-0.3, -0.25) is 4.79 Å². The van der Waals surface area contributed by atoms with Crippen LogP contribution in [-0.2, 0) is 4.79 Å². The number of carbonyl (C=O) groups is 1. The van der Waals surface area contributed by atoms with Gasteiger partial charge in [0.2, 0.25) is 5.91 Å². The number of nitrogens with one attached hydrogen (secondary N) is 1. The maximum absolute atomic E-state index is 12.4. The Morgan fingerprint density at radius 2 is 1.80 bits per heavy atom. The molecule has 0 bridgehead atoms. The topological polar surface area (TPSA) is 41.6 Å². The first-order valence-corrected chi connectivity index (χ1v) is 10.4. The third-order valence-corrected chi connectivity index (χ3v) is 5.86. The largest absolute Gasteiger partial charge is 0.497 e. The second kappa shape index (κ2) is 8.41. The Bertz CT molecular complexity index is 1060. The van der Waals surface area contributed by atoms with Crippen LogP contribution in [0.4, 0.5) is 11.4 Å². The van der Waals surface area contributed by atoms with Crippen molar-refractivity contribution in [3.05, 3.63) is 77.3 Å². The van der Waals surface area contributed by atoms with Gasteiger partial charge in [0.15, 0.2) is 0 Å². The molecule has 0 radical (unpaired) electrons. The molecule has 3 aromatic rings. The van der Waals surface area contributed by atoms with Crippen molar-refractivity contribution in [2.45, 2.75) is 32.4 Å². The van der Waals surface area contributed by atoms with Crippen LogP contribution in [0.5, 0.6) is 5.75 Å². The van der Waals surface area contributed by atoms with E-state index in [1.54, 1.807) is 14.0 Å². The number of hydrogen-bond acceptors (Lipinski definition) is 3. The summed E-state index contributed by atoms with van der Waals surface area (Å²) in [5.74, 6) is 0.878. The number of methoxy groups -OCH3 is 1. The molecule has 1 N–H and O–H groups in total. The lowest BCUT2D eigenvalue weighted by Crippen LogP contribution is -2.43. The molecule has 5 heteroatoms. The average molecular weight is 421 g/mol. The number of amides is 1. The van der Waals surface area contributed by atoms with E-state index in [1.165, 1.54) is 0 Å². The van der Waals surface area contributed by atoms with Crippen molar-refractivity contribution in [2.75, 3.05) is 17.3 Å². The summed E-state index contributed by atoms with van der Waals surface area (Å²) in [6.07, 6.45) is 0.816. The van der Waals surface area contributed by atoms with Gasteiger partial charge in [-0.2, -0.15) is 0 Å². The van der Waals surface area contributed by atoms with E-state index in [4.69, 9.17) is 16.3 Å². The number of fused-ring (bicyclic) bond motifs is 1. The van der Waals surface area contributed by atoms with Gasteiger partial charge in [-0.15, -0.1) is 0 Å². The van der Waals surface area contributed by atoms with Crippen LogP contribution in [-0.4, -0.2) is 19.1 Å². The third kappa shape index (κ3) is 4.01. The molecule has 0 saturated carbocycles. The number of rotatable bonds is 4. The van der Waals surface area contributed by atoms with Gasteiger partial charge in [-0.1, -0.05) is 29.8 Å². The minimum Gasteiger partial charge on any atom is -0.497 e. The highest BCUT2D eigenvalue weighted by Crippen LogP contribution is 2.41. The molecule has 30 heavy (non-hydrogen) atoms. The number of ether oxygens (including phenoxy) is 1. The van der Waals surface area contributed by atoms with E-state index in [9.17, 15) is 4.79 Å². The van der Waals surface area contributed by atoms with Crippen LogP contribution < -0.4 is 15.0 Å². The first kappa shape index (κ1) is 20.3. The van der Waals surface area contributed by atoms with Gasteiger partial charge >= 0.3 is 0 Å². The predicted molar refractivity (Wildman–Crippen MR) is 123 cm³/mol. The van der Waals surface area contributed by atoms with Crippen molar-refractivity contribution in [3.8, 4) is 16.9 Å². The molecule has 1 aliphatic heterocycles. The van der Waals surface area contributed by atoms with Gasteiger partial charge in [-0.05, 0) is 78.6 Å². The Kier molecular flexibility index (Phi) is 5.69. The summed E-state index contributed by atoms with van der Waals surface area (Å²) in [6.45, 7) is 3.72. The van der Waals surface area contributed by atoms with Crippen molar-refractivity contribution < 1.29 is 9.53 Å². The Labute approximate surface area is 182 Å². The Balaban J connectivity index is 1.77. The zero-order valence-corrected chi connectivity index (χ0v) is 18.1. The maximum atomic E-state index is 12.4. The summed E-state index contributed by atoms with van der Waals surface area (Å²) in [5.41, 5.74) is 5.24. The molecule has 4 nitrogen and oxygen atoms in total. The zero-order valence-electron chi connectivity index (χ0n) is 17.4.